The van der Waals surface area contributed by atoms with Gasteiger partial charge in [0.2, 0.25) is 5.91 Å². The van der Waals surface area contributed by atoms with Crippen molar-refractivity contribution in [2.45, 2.75) is 69.6 Å². The molecule has 190 valence electrons. The average Bonchev–Trinajstić information content (AvgIpc) is 3.51. The summed E-state index contributed by atoms with van der Waals surface area (Å²) in [6.07, 6.45) is 10.1. The van der Waals surface area contributed by atoms with Crippen LogP contribution in [0.5, 0.6) is 0 Å². The normalized spacial score (nSPS) is 23.1. The number of thiazole rings is 1. The van der Waals surface area contributed by atoms with E-state index in [0.717, 1.165) is 61.8 Å². The Kier molecular flexibility index (Phi) is 6.34. The molecule has 3 aromatic heterocycles. The van der Waals surface area contributed by atoms with Gasteiger partial charge >= 0.3 is 0 Å². The molecule has 1 aliphatic heterocycles. The summed E-state index contributed by atoms with van der Waals surface area (Å²) in [5, 5.41) is 22.8. The van der Waals surface area contributed by atoms with Crippen LogP contribution < -0.4 is 10.6 Å². The second kappa shape index (κ2) is 9.78. The number of amides is 2. The maximum absolute atomic E-state index is 13.5. The monoisotopic (exact) mass is 509 g/mol. The highest BCUT2D eigenvalue weighted by Crippen LogP contribution is 2.30. The lowest BCUT2D eigenvalue weighted by molar-refractivity contribution is -0.123. The van der Waals surface area contributed by atoms with Gasteiger partial charge in [-0.1, -0.05) is 0 Å². The molecule has 2 saturated carbocycles. The summed E-state index contributed by atoms with van der Waals surface area (Å²) in [5.41, 5.74) is 1.15. The van der Waals surface area contributed by atoms with Crippen molar-refractivity contribution in [1.82, 2.24) is 29.8 Å². The minimum atomic E-state index is -0.238. The number of carbonyl (C=O) groups excluding carboxylic acids is 2. The van der Waals surface area contributed by atoms with Crippen LogP contribution in [0.4, 0.5) is 5.82 Å². The first-order valence-electron chi connectivity index (χ1n) is 12.9. The molecule has 6 rings (SSSR count). The van der Waals surface area contributed by atoms with Gasteiger partial charge in [0.1, 0.15) is 16.3 Å². The Morgan fingerprint density at radius 2 is 1.78 bits per heavy atom. The summed E-state index contributed by atoms with van der Waals surface area (Å²) in [4.78, 5) is 37.9. The fourth-order valence-corrected chi connectivity index (χ4v) is 5.91. The molecule has 0 spiro atoms. The molecule has 3 aliphatic rings. The molecule has 0 radical (unpaired) electrons. The largest absolute Gasteiger partial charge is 0.393 e. The van der Waals surface area contributed by atoms with Crippen molar-refractivity contribution in [1.29, 1.82) is 0 Å². The molecule has 4 heterocycles. The van der Waals surface area contributed by atoms with Crippen molar-refractivity contribution in [3.8, 4) is 11.4 Å². The maximum Gasteiger partial charge on any atom is 0.272 e. The number of likely N-dealkylation sites (tertiary alicyclic amines) is 1. The smallest absolute Gasteiger partial charge is 0.272 e. The highest BCUT2D eigenvalue weighted by molar-refractivity contribution is 7.16. The van der Waals surface area contributed by atoms with Crippen molar-refractivity contribution in [2.24, 2.45) is 5.92 Å². The second-order valence-electron chi connectivity index (χ2n) is 10.2. The van der Waals surface area contributed by atoms with E-state index >= 15 is 0 Å². The van der Waals surface area contributed by atoms with Crippen LogP contribution in [-0.4, -0.2) is 72.7 Å². The van der Waals surface area contributed by atoms with E-state index in [4.69, 9.17) is 4.98 Å². The zero-order valence-corrected chi connectivity index (χ0v) is 20.9. The molecule has 0 unspecified atom stereocenters. The first-order chi connectivity index (χ1) is 17.5. The minimum absolute atomic E-state index is 0.123. The molecular formula is C25H31N7O3S. The number of rotatable bonds is 6. The molecule has 0 aromatic carbocycles. The van der Waals surface area contributed by atoms with Gasteiger partial charge in [-0.2, -0.15) is 5.10 Å². The molecule has 11 heteroatoms. The quantitative estimate of drug-likeness (QED) is 0.467. The van der Waals surface area contributed by atoms with Gasteiger partial charge in [0.15, 0.2) is 5.82 Å². The SMILES string of the molecule is O=C(NC1CCN(C(=O)c2cc(N[C@H]3CC[C@H](O)CC3)nc(-c3cnn4ccsc34)n2)CC1)C1CC1. The number of carbonyl (C=O) groups is 2. The molecule has 3 aromatic rings. The van der Waals surface area contributed by atoms with Gasteiger partial charge in [0, 0.05) is 48.7 Å². The molecule has 2 amide bonds. The number of hydrogen-bond donors (Lipinski definition) is 3. The zero-order valence-electron chi connectivity index (χ0n) is 20.1. The second-order valence-corrected chi connectivity index (χ2v) is 11.1. The highest BCUT2D eigenvalue weighted by Gasteiger charge is 2.33. The number of nitrogens with one attached hydrogen (secondary N) is 2. The number of aliphatic hydroxyl groups is 1. The predicted molar refractivity (Wildman–Crippen MR) is 136 cm³/mol. The maximum atomic E-state index is 13.5. The Balaban J connectivity index is 1.22. The van der Waals surface area contributed by atoms with Crippen LogP contribution in [0.2, 0.25) is 0 Å². The molecule has 1 saturated heterocycles. The van der Waals surface area contributed by atoms with Crippen LogP contribution in [0, 0.1) is 5.92 Å². The third kappa shape index (κ3) is 4.94. The van der Waals surface area contributed by atoms with Crippen molar-refractivity contribution >= 4 is 33.8 Å². The summed E-state index contributed by atoms with van der Waals surface area (Å²) < 4.78 is 1.79. The first-order valence-corrected chi connectivity index (χ1v) is 13.8. The van der Waals surface area contributed by atoms with E-state index < -0.39 is 0 Å². The van der Waals surface area contributed by atoms with Crippen LogP contribution >= 0.6 is 11.3 Å². The molecule has 3 fully saturated rings. The Morgan fingerprint density at radius 3 is 2.53 bits per heavy atom. The van der Waals surface area contributed by atoms with E-state index in [1.54, 1.807) is 28.1 Å². The summed E-state index contributed by atoms with van der Waals surface area (Å²) in [5.74, 6) is 1.33. The third-order valence-electron chi connectivity index (χ3n) is 7.44. The Bertz CT molecular complexity index is 1250. The van der Waals surface area contributed by atoms with Gasteiger partial charge < -0.3 is 20.6 Å². The van der Waals surface area contributed by atoms with Crippen LogP contribution in [0.3, 0.4) is 0 Å². The van der Waals surface area contributed by atoms with Gasteiger partial charge in [-0.05, 0) is 51.4 Å². The van der Waals surface area contributed by atoms with E-state index in [-0.39, 0.29) is 35.9 Å². The average molecular weight is 510 g/mol. The van der Waals surface area contributed by atoms with Gasteiger partial charge in [0.25, 0.3) is 5.91 Å². The fraction of sp³-hybridized carbons (Fsp3) is 0.560. The van der Waals surface area contributed by atoms with Crippen LogP contribution in [-0.2, 0) is 4.79 Å². The number of hydrogen-bond acceptors (Lipinski definition) is 8. The Hall–Kier alpha value is -3.05. The number of aliphatic hydroxyl groups excluding tert-OH is 1. The topological polar surface area (TPSA) is 125 Å². The number of fused-ring (bicyclic) bond motifs is 1. The lowest BCUT2D eigenvalue weighted by Crippen LogP contribution is -2.47. The summed E-state index contributed by atoms with van der Waals surface area (Å²) in [6.45, 7) is 1.17. The van der Waals surface area contributed by atoms with Crippen molar-refractivity contribution in [3.05, 3.63) is 29.5 Å². The lowest BCUT2D eigenvalue weighted by Gasteiger charge is -2.32. The van der Waals surface area contributed by atoms with Gasteiger partial charge in [-0.3, -0.25) is 9.59 Å². The fourth-order valence-electron chi connectivity index (χ4n) is 5.11. The van der Waals surface area contributed by atoms with Gasteiger partial charge in [-0.15, -0.1) is 11.3 Å². The number of anilines is 1. The molecule has 0 bridgehead atoms. The molecule has 36 heavy (non-hydrogen) atoms. The molecule has 2 aliphatic carbocycles. The van der Waals surface area contributed by atoms with Gasteiger partial charge in [-0.25, -0.2) is 14.5 Å². The zero-order chi connectivity index (χ0) is 24.6. The van der Waals surface area contributed by atoms with E-state index in [9.17, 15) is 14.7 Å². The van der Waals surface area contributed by atoms with E-state index in [1.807, 2.05) is 16.5 Å². The Morgan fingerprint density at radius 1 is 1.00 bits per heavy atom. The predicted octanol–water partition coefficient (Wildman–Crippen LogP) is 2.70. The highest BCUT2D eigenvalue weighted by atomic mass is 32.1. The summed E-state index contributed by atoms with van der Waals surface area (Å²) in [7, 11) is 0. The number of aromatic nitrogens is 4. The van der Waals surface area contributed by atoms with Crippen LogP contribution in [0.15, 0.2) is 23.8 Å². The van der Waals surface area contributed by atoms with Gasteiger partial charge in [0.05, 0.1) is 17.9 Å². The van der Waals surface area contributed by atoms with Crippen molar-refractivity contribution in [3.63, 3.8) is 0 Å². The summed E-state index contributed by atoms with van der Waals surface area (Å²) in [6, 6.07) is 2.06. The van der Waals surface area contributed by atoms with E-state index in [1.165, 1.54) is 0 Å². The minimum Gasteiger partial charge on any atom is -0.393 e. The van der Waals surface area contributed by atoms with Crippen LogP contribution in [0.25, 0.3) is 16.2 Å². The number of nitrogens with zero attached hydrogens (tertiary/aromatic N) is 5. The number of piperidine rings is 1. The summed E-state index contributed by atoms with van der Waals surface area (Å²) >= 11 is 1.55. The van der Waals surface area contributed by atoms with E-state index in [2.05, 4.69) is 20.7 Å². The lowest BCUT2D eigenvalue weighted by atomic mass is 9.93. The standard InChI is InChI=1S/C25H31N7O3S/c33-18-5-3-16(4-6-18)27-21-13-20(29-22(30-21)19-14-26-32-11-12-36-25(19)32)24(35)31-9-7-17(8-10-31)28-23(34)15-1-2-15/h11-18,33H,1-10H2,(H,28,34)(H,27,29,30)/t16-,18-. The molecule has 3 N–H and O–H groups in total. The molecular weight excluding hydrogens is 478 g/mol. The van der Waals surface area contributed by atoms with E-state index in [0.29, 0.717) is 30.4 Å². The Labute approximate surface area is 213 Å². The molecule has 0 atom stereocenters. The third-order valence-corrected chi connectivity index (χ3v) is 8.33. The first kappa shape index (κ1) is 23.4. The van der Waals surface area contributed by atoms with Crippen LogP contribution in [0.1, 0.15) is 61.9 Å². The molecule has 10 nitrogen and oxygen atoms in total. The van der Waals surface area contributed by atoms with Crippen molar-refractivity contribution < 1.29 is 14.7 Å². The van der Waals surface area contributed by atoms with Crippen molar-refractivity contribution in [2.75, 3.05) is 18.4 Å².